The fourth-order valence-electron chi connectivity index (χ4n) is 2.51. The Morgan fingerprint density at radius 3 is 2.85 bits per heavy atom. The molecule has 1 amide bonds. The highest BCUT2D eigenvalue weighted by molar-refractivity contribution is 7.10. The molecule has 2 aromatic heterocycles. The zero-order valence-electron chi connectivity index (χ0n) is 14.6. The van der Waals surface area contributed by atoms with E-state index in [-0.39, 0.29) is 5.91 Å². The van der Waals surface area contributed by atoms with E-state index in [9.17, 15) is 4.79 Å². The molecule has 0 aliphatic carbocycles. The van der Waals surface area contributed by atoms with Crippen molar-refractivity contribution in [2.45, 2.75) is 12.8 Å². The van der Waals surface area contributed by atoms with Gasteiger partial charge in [-0.3, -0.25) is 4.79 Å². The minimum absolute atomic E-state index is 0.0568. The van der Waals surface area contributed by atoms with E-state index in [0.29, 0.717) is 12.2 Å². The molecular formula is C20H21N3O2S. The normalized spacial score (nSPS) is 10.3. The van der Waals surface area contributed by atoms with Crippen LogP contribution in [0.3, 0.4) is 0 Å². The minimum Gasteiger partial charge on any atom is -0.497 e. The van der Waals surface area contributed by atoms with Gasteiger partial charge in [0.05, 0.1) is 25.4 Å². The third kappa shape index (κ3) is 5.32. The molecular weight excluding hydrogens is 346 g/mol. The molecule has 1 aromatic carbocycles. The van der Waals surface area contributed by atoms with E-state index in [1.165, 1.54) is 5.56 Å². The third-order valence-corrected chi connectivity index (χ3v) is 4.70. The van der Waals surface area contributed by atoms with Crippen LogP contribution >= 0.6 is 11.3 Å². The lowest BCUT2D eigenvalue weighted by atomic mass is 10.1. The molecule has 5 nitrogen and oxygen atoms in total. The van der Waals surface area contributed by atoms with Gasteiger partial charge in [-0.15, -0.1) is 11.3 Å². The fourth-order valence-corrected chi connectivity index (χ4v) is 3.21. The molecule has 2 heterocycles. The molecule has 0 bridgehead atoms. The predicted molar refractivity (Wildman–Crippen MR) is 106 cm³/mol. The van der Waals surface area contributed by atoms with Crippen LogP contribution in [0.25, 0.3) is 0 Å². The number of hydrogen-bond acceptors (Lipinski definition) is 5. The summed E-state index contributed by atoms with van der Waals surface area (Å²) in [6.45, 7) is 0.791. The third-order valence-electron chi connectivity index (χ3n) is 3.82. The Kier molecular flexibility index (Phi) is 6.22. The lowest BCUT2D eigenvalue weighted by Crippen LogP contribution is -2.14. The average molecular weight is 367 g/mol. The molecule has 134 valence electrons. The average Bonchev–Trinajstić information content (AvgIpc) is 3.16. The standard InChI is InChI=1S/C20H21N3O2S/c1-25-17-5-2-4-15(12-17)9-10-21-16-7-8-19(22-14-16)23-20(24)13-18-6-3-11-26-18/h2-8,11-12,14,21H,9-10,13H2,1H3,(H,22,23,24). The number of benzene rings is 1. The molecule has 0 atom stereocenters. The van der Waals surface area contributed by atoms with Crippen molar-refractivity contribution in [1.29, 1.82) is 0 Å². The first kappa shape index (κ1) is 17.9. The Balaban J connectivity index is 1.45. The van der Waals surface area contributed by atoms with Crippen LogP contribution in [0.4, 0.5) is 11.5 Å². The van der Waals surface area contributed by atoms with Crippen molar-refractivity contribution in [3.8, 4) is 5.75 Å². The summed E-state index contributed by atoms with van der Waals surface area (Å²) >= 11 is 1.57. The highest BCUT2D eigenvalue weighted by Crippen LogP contribution is 2.15. The number of pyridine rings is 1. The summed E-state index contributed by atoms with van der Waals surface area (Å²) < 4.78 is 5.23. The second kappa shape index (κ2) is 9.01. The van der Waals surface area contributed by atoms with E-state index in [2.05, 4.69) is 21.7 Å². The van der Waals surface area contributed by atoms with Gasteiger partial charge in [0.2, 0.25) is 5.91 Å². The molecule has 0 aliphatic rings. The zero-order chi connectivity index (χ0) is 18.2. The SMILES string of the molecule is COc1cccc(CCNc2ccc(NC(=O)Cc3cccs3)nc2)c1. The molecule has 3 rings (SSSR count). The fraction of sp³-hybridized carbons (Fsp3) is 0.200. The van der Waals surface area contributed by atoms with E-state index in [1.807, 2.05) is 41.8 Å². The number of carbonyl (C=O) groups is 1. The van der Waals surface area contributed by atoms with Crippen LogP contribution in [0, 0.1) is 0 Å². The topological polar surface area (TPSA) is 63.2 Å². The van der Waals surface area contributed by atoms with E-state index in [1.54, 1.807) is 30.7 Å². The van der Waals surface area contributed by atoms with Crippen molar-refractivity contribution < 1.29 is 9.53 Å². The summed E-state index contributed by atoms with van der Waals surface area (Å²) in [4.78, 5) is 17.3. The van der Waals surface area contributed by atoms with Crippen molar-refractivity contribution in [2.24, 2.45) is 0 Å². The van der Waals surface area contributed by atoms with E-state index >= 15 is 0 Å². The minimum atomic E-state index is -0.0568. The number of carbonyl (C=O) groups excluding carboxylic acids is 1. The van der Waals surface area contributed by atoms with Crippen molar-refractivity contribution in [3.05, 3.63) is 70.5 Å². The Bertz CT molecular complexity index is 833. The first-order valence-corrected chi connectivity index (χ1v) is 9.26. The Morgan fingerprint density at radius 2 is 2.12 bits per heavy atom. The number of methoxy groups -OCH3 is 1. The summed E-state index contributed by atoms with van der Waals surface area (Å²) in [6.07, 6.45) is 2.99. The summed E-state index contributed by atoms with van der Waals surface area (Å²) in [6, 6.07) is 15.7. The highest BCUT2D eigenvalue weighted by atomic mass is 32.1. The van der Waals surface area contributed by atoms with Gasteiger partial charge in [-0.25, -0.2) is 4.98 Å². The molecule has 3 aromatic rings. The van der Waals surface area contributed by atoms with E-state index in [4.69, 9.17) is 4.74 Å². The summed E-state index contributed by atoms with van der Waals surface area (Å²) in [5.41, 5.74) is 2.13. The number of thiophene rings is 1. The van der Waals surface area contributed by atoms with Gasteiger partial charge >= 0.3 is 0 Å². The van der Waals surface area contributed by atoms with Gasteiger partial charge in [-0.1, -0.05) is 18.2 Å². The van der Waals surface area contributed by atoms with Crippen LogP contribution in [0.2, 0.25) is 0 Å². The Morgan fingerprint density at radius 1 is 1.19 bits per heavy atom. The van der Waals surface area contributed by atoms with Gasteiger partial charge in [0.25, 0.3) is 0 Å². The molecule has 0 aliphatic heterocycles. The number of amides is 1. The smallest absolute Gasteiger partial charge is 0.230 e. The molecule has 0 saturated heterocycles. The molecule has 26 heavy (non-hydrogen) atoms. The maximum atomic E-state index is 12.0. The molecule has 0 fully saturated rings. The molecule has 0 saturated carbocycles. The quantitative estimate of drug-likeness (QED) is 0.632. The number of nitrogens with zero attached hydrogens (tertiary/aromatic N) is 1. The number of rotatable bonds is 8. The molecule has 2 N–H and O–H groups in total. The van der Waals surface area contributed by atoms with Crippen LogP contribution in [0.5, 0.6) is 5.75 Å². The maximum absolute atomic E-state index is 12.0. The van der Waals surface area contributed by atoms with Crippen molar-refractivity contribution >= 4 is 28.7 Å². The lowest BCUT2D eigenvalue weighted by Gasteiger charge is -2.08. The number of ether oxygens (including phenoxy) is 1. The molecule has 6 heteroatoms. The molecule has 0 unspecified atom stereocenters. The number of aromatic nitrogens is 1. The van der Waals surface area contributed by atoms with E-state index < -0.39 is 0 Å². The van der Waals surface area contributed by atoms with Crippen molar-refractivity contribution in [2.75, 3.05) is 24.3 Å². The largest absolute Gasteiger partial charge is 0.497 e. The van der Waals surface area contributed by atoms with Gasteiger partial charge in [0.15, 0.2) is 0 Å². The number of nitrogens with one attached hydrogen (secondary N) is 2. The van der Waals surface area contributed by atoms with Gasteiger partial charge in [0, 0.05) is 11.4 Å². The Labute approximate surface area is 157 Å². The second-order valence-electron chi connectivity index (χ2n) is 5.76. The second-order valence-corrected chi connectivity index (χ2v) is 6.80. The van der Waals surface area contributed by atoms with Crippen LogP contribution in [0.15, 0.2) is 60.1 Å². The zero-order valence-corrected chi connectivity index (χ0v) is 15.4. The van der Waals surface area contributed by atoms with Gasteiger partial charge in [0.1, 0.15) is 11.6 Å². The lowest BCUT2D eigenvalue weighted by molar-refractivity contribution is -0.115. The van der Waals surface area contributed by atoms with Crippen molar-refractivity contribution in [1.82, 2.24) is 4.98 Å². The van der Waals surface area contributed by atoms with E-state index in [0.717, 1.165) is 29.3 Å². The van der Waals surface area contributed by atoms with Crippen LogP contribution in [-0.2, 0) is 17.6 Å². The number of hydrogen-bond donors (Lipinski definition) is 2. The number of anilines is 2. The maximum Gasteiger partial charge on any atom is 0.230 e. The van der Waals surface area contributed by atoms with Gasteiger partial charge in [-0.2, -0.15) is 0 Å². The first-order chi connectivity index (χ1) is 12.7. The predicted octanol–water partition coefficient (Wildman–Crippen LogP) is 3.99. The summed E-state index contributed by atoms with van der Waals surface area (Å²) in [7, 11) is 1.67. The molecule has 0 spiro atoms. The Hall–Kier alpha value is -2.86. The van der Waals surface area contributed by atoms with Crippen LogP contribution < -0.4 is 15.4 Å². The van der Waals surface area contributed by atoms with Gasteiger partial charge < -0.3 is 15.4 Å². The monoisotopic (exact) mass is 367 g/mol. The summed E-state index contributed by atoms with van der Waals surface area (Å²) in [5, 5.41) is 8.12. The summed E-state index contributed by atoms with van der Waals surface area (Å²) in [5.74, 6) is 1.37. The van der Waals surface area contributed by atoms with Crippen LogP contribution in [-0.4, -0.2) is 24.5 Å². The van der Waals surface area contributed by atoms with Gasteiger partial charge in [-0.05, 0) is 47.7 Å². The first-order valence-electron chi connectivity index (χ1n) is 8.38. The van der Waals surface area contributed by atoms with Crippen LogP contribution in [0.1, 0.15) is 10.4 Å². The van der Waals surface area contributed by atoms with Crippen molar-refractivity contribution in [3.63, 3.8) is 0 Å². The highest BCUT2D eigenvalue weighted by Gasteiger charge is 2.05. The molecule has 0 radical (unpaired) electrons.